The van der Waals surface area contributed by atoms with Crippen LogP contribution in [0.25, 0.3) is 6.08 Å². The van der Waals surface area contributed by atoms with E-state index in [-0.39, 0.29) is 17.7 Å². The van der Waals surface area contributed by atoms with Crippen LogP contribution in [-0.4, -0.2) is 31.4 Å². The van der Waals surface area contributed by atoms with Gasteiger partial charge in [0.05, 0.1) is 25.9 Å². The number of rotatable bonds is 8. The van der Waals surface area contributed by atoms with Crippen molar-refractivity contribution in [3.8, 4) is 0 Å². The van der Waals surface area contributed by atoms with Gasteiger partial charge in [-0.1, -0.05) is 31.2 Å². The van der Waals surface area contributed by atoms with Crippen molar-refractivity contribution in [1.29, 1.82) is 0 Å². The van der Waals surface area contributed by atoms with Crippen LogP contribution < -0.4 is 0 Å². The molecule has 0 N–H and O–H groups in total. The summed E-state index contributed by atoms with van der Waals surface area (Å²) in [5, 5.41) is 0. The highest BCUT2D eigenvalue weighted by atomic mass is 16.6. The van der Waals surface area contributed by atoms with Crippen molar-refractivity contribution in [2.24, 2.45) is 0 Å². The lowest BCUT2D eigenvalue weighted by Gasteiger charge is -2.20. The van der Waals surface area contributed by atoms with Gasteiger partial charge in [0.2, 0.25) is 0 Å². The zero-order valence-electron chi connectivity index (χ0n) is 13.5. The largest absolute Gasteiger partial charge is 0.463 e. The summed E-state index contributed by atoms with van der Waals surface area (Å²) in [6.07, 6.45) is 4.10. The van der Waals surface area contributed by atoms with E-state index >= 15 is 0 Å². The number of ether oxygens (including phenoxy) is 3. The van der Waals surface area contributed by atoms with E-state index in [4.69, 9.17) is 14.2 Å². The Bertz CT molecular complexity index is 532. The Balaban J connectivity index is 2.09. The Kier molecular flexibility index (Phi) is 5.75. The standard InChI is InChI=1S/C18H24O4/c1-4-16(21-12-18(3)13-22-18)15-9-7-6-8-14(15)10-11-17(19)20-5-2/h6-11,16H,4-5,12-13H2,1-3H3/b11-10+/t16-,18?/m1/s1. The first-order valence-electron chi connectivity index (χ1n) is 7.77. The molecule has 0 spiro atoms. The maximum Gasteiger partial charge on any atom is 0.330 e. The Morgan fingerprint density at radius 3 is 2.77 bits per heavy atom. The molecule has 22 heavy (non-hydrogen) atoms. The predicted molar refractivity (Wildman–Crippen MR) is 85.5 cm³/mol. The van der Waals surface area contributed by atoms with E-state index in [1.54, 1.807) is 13.0 Å². The summed E-state index contributed by atoms with van der Waals surface area (Å²) in [6, 6.07) is 7.95. The van der Waals surface area contributed by atoms with Gasteiger partial charge in [0.1, 0.15) is 5.60 Å². The summed E-state index contributed by atoms with van der Waals surface area (Å²) in [6.45, 7) is 7.65. The summed E-state index contributed by atoms with van der Waals surface area (Å²) >= 11 is 0. The minimum atomic E-state index is -0.329. The van der Waals surface area contributed by atoms with Crippen LogP contribution in [0.15, 0.2) is 30.3 Å². The Morgan fingerprint density at radius 2 is 2.14 bits per heavy atom. The van der Waals surface area contributed by atoms with Gasteiger partial charge < -0.3 is 14.2 Å². The van der Waals surface area contributed by atoms with Gasteiger partial charge >= 0.3 is 5.97 Å². The summed E-state index contributed by atoms with van der Waals surface area (Å²) < 4.78 is 16.3. The summed E-state index contributed by atoms with van der Waals surface area (Å²) in [7, 11) is 0. The van der Waals surface area contributed by atoms with Crippen LogP contribution in [0.5, 0.6) is 0 Å². The maximum absolute atomic E-state index is 11.5. The van der Waals surface area contributed by atoms with E-state index in [1.165, 1.54) is 6.08 Å². The van der Waals surface area contributed by atoms with Gasteiger partial charge in [-0.05, 0) is 37.5 Å². The molecule has 0 bridgehead atoms. The van der Waals surface area contributed by atoms with Crippen LogP contribution in [0.3, 0.4) is 0 Å². The molecule has 0 radical (unpaired) electrons. The summed E-state index contributed by atoms with van der Waals surface area (Å²) in [4.78, 5) is 11.5. The number of hydrogen-bond acceptors (Lipinski definition) is 4. The summed E-state index contributed by atoms with van der Waals surface area (Å²) in [5.41, 5.74) is 1.93. The fourth-order valence-electron chi connectivity index (χ4n) is 2.22. The van der Waals surface area contributed by atoms with Crippen molar-refractivity contribution in [2.45, 2.75) is 38.9 Å². The third-order valence-electron chi connectivity index (χ3n) is 3.63. The van der Waals surface area contributed by atoms with Gasteiger partial charge in [0.25, 0.3) is 0 Å². The molecule has 4 nitrogen and oxygen atoms in total. The number of esters is 1. The van der Waals surface area contributed by atoms with Crippen molar-refractivity contribution < 1.29 is 19.0 Å². The van der Waals surface area contributed by atoms with Gasteiger partial charge in [0, 0.05) is 6.08 Å². The molecule has 0 amide bonds. The number of hydrogen-bond donors (Lipinski definition) is 0. The lowest BCUT2D eigenvalue weighted by molar-refractivity contribution is -0.137. The molecule has 1 aliphatic heterocycles. The van der Waals surface area contributed by atoms with Crippen LogP contribution in [0.2, 0.25) is 0 Å². The van der Waals surface area contributed by atoms with Crippen LogP contribution >= 0.6 is 0 Å². The quantitative estimate of drug-likeness (QED) is 0.419. The highest BCUT2D eigenvalue weighted by Crippen LogP contribution is 2.31. The number of carbonyl (C=O) groups excluding carboxylic acids is 1. The highest BCUT2D eigenvalue weighted by Gasteiger charge is 2.40. The second-order valence-corrected chi connectivity index (χ2v) is 5.66. The third-order valence-corrected chi connectivity index (χ3v) is 3.63. The van der Waals surface area contributed by atoms with E-state index < -0.39 is 0 Å². The lowest BCUT2D eigenvalue weighted by atomic mass is 10.00. The molecule has 0 aliphatic carbocycles. The monoisotopic (exact) mass is 304 g/mol. The van der Waals surface area contributed by atoms with Crippen molar-refractivity contribution >= 4 is 12.0 Å². The molecular weight excluding hydrogens is 280 g/mol. The average Bonchev–Trinajstić information content (AvgIpc) is 3.25. The Morgan fingerprint density at radius 1 is 1.41 bits per heavy atom. The van der Waals surface area contributed by atoms with Gasteiger partial charge in [-0.2, -0.15) is 0 Å². The van der Waals surface area contributed by atoms with Crippen LogP contribution in [0.4, 0.5) is 0 Å². The molecular formula is C18H24O4. The number of benzene rings is 1. The molecule has 0 aromatic heterocycles. The van der Waals surface area contributed by atoms with Gasteiger partial charge in [-0.15, -0.1) is 0 Å². The molecule has 0 saturated carbocycles. The van der Waals surface area contributed by atoms with E-state index in [1.807, 2.05) is 31.2 Å². The first-order valence-corrected chi connectivity index (χ1v) is 7.77. The molecule has 1 fully saturated rings. The van der Waals surface area contributed by atoms with Crippen LogP contribution in [-0.2, 0) is 19.0 Å². The van der Waals surface area contributed by atoms with Gasteiger partial charge in [-0.3, -0.25) is 0 Å². The third kappa shape index (κ3) is 4.68. The highest BCUT2D eigenvalue weighted by molar-refractivity contribution is 5.87. The first-order chi connectivity index (χ1) is 10.6. The Hall–Kier alpha value is -1.65. The van der Waals surface area contributed by atoms with Crippen molar-refractivity contribution in [3.63, 3.8) is 0 Å². The molecule has 1 saturated heterocycles. The average molecular weight is 304 g/mol. The SMILES string of the molecule is CCOC(=O)/C=C/c1ccccc1[C@@H](CC)OCC1(C)CO1. The molecule has 2 rings (SSSR count). The van der Waals surface area contributed by atoms with Crippen molar-refractivity contribution in [2.75, 3.05) is 19.8 Å². The van der Waals surface area contributed by atoms with E-state index in [9.17, 15) is 4.79 Å². The molecule has 1 aliphatic rings. The van der Waals surface area contributed by atoms with E-state index in [0.29, 0.717) is 13.2 Å². The van der Waals surface area contributed by atoms with Crippen molar-refractivity contribution in [1.82, 2.24) is 0 Å². The van der Waals surface area contributed by atoms with E-state index in [0.717, 1.165) is 24.2 Å². The first kappa shape index (κ1) is 16.7. The molecule has 1 aromatic rings. The zero-order valence-corrected chi connectivity index (χ0v) is 13.5. The van der Waals surface area contributed by atoms with Crippen LogP contribution in [0, 0.1) is 0 Å². The Labute approximate surface area is 132 Å². The fraction of sp³-hybridized carbons (Fsp3) is 0.500. The summed E-state index contributed by atoms with van der Waals surface area (Å²) in [5.74, 6) is -0.329. The minimum Gasteiger partial charge on any atom is -0.463 e. The smallest absolute Gasteiger partial charge is 0.330 e. The number of carbonyl (C=O) groups is 1. The molecule has 1 unspecified atom stereocenters. The van der Waals surface area contributed by atoms with Gasteiger partial charge in [-0.25, -0.2) is 4.79 Å². The van der Waals surface area contributed by atoms with Crippen LogP contribution in [0.1, 0.15) is 44.4 Å². The molecule has 4 heteroatoms. The normalized spacial score (nSPS) is 21.8. The molecule has 2 atom stereocenters. The number of epoxide rings is 1. The van der Waals surface area contributed by atoms with Gasteiger partial charge in [0.15, 0.2) is 0 Å². The minimum absolute atomic E-state index is 0.0101. The predicted octanol–water partition coefficient (Wildman–Crippen LogP) is 3.52. The lowest BCUT2D eigenvalue weighted by Crippen LogP contribution is -2.17. The second-order valence-electron chi connectivity index (χ2n) is 5.66. The molecule has 120 valence electrons. The van der Waals surface area contributed by atoms with Crippen molar-refractivity contribution in [3.05, 3.63) is 41.5 Å². The topological polar surface area (TPSA) is 48.1 Å². The fourth-order valence-corrected chi connectivity index (χ4v) is 2.22. The molecule has 1 aromatic carbocycles. The molecule has 1 heterocycles. The zero-order chi connectivity index (χ0) is 16.0. The second kappa shape index (κ2) is 7.56. The maximum atomic E-state index is 11.5. The van der Waals surface area contributed by atoms with E-state index in [2.05, 4.69) is 6.92 Å².